The second-order valence-corrected chi connectivity index (χ2v) is 4.50. The third-order valence-corrected chi connectivity index (χ3v) is 3.25. The van der Waals surface area contributed by atoms with E-state index in [-0.39, 0.29) is 5.69 Å². The van der Waals surface area contributed by atoms with Crippen molar-refractivity contribution in [2.45, 2.75) is 6.92 Å². The summed E-state index contributed by atoms with van der Waals surface area (Å²) < 4.78 is 0. The molecule has 0 aliphatic heterocycles. The van der Waals surface area contributed by atoms with E-state index in [4.69, 9.17) is 0 Å². The van der Waals surface area contributed by atoms with E-state index in [1.54, 1.807) is 12.3 Å². The van der Waals surface area contributed by atoms with Crippen molar-refractivity contribution >= 4 is 33.9 Å². The van der Waals surface area contributed by atoms with Crippen LogP contribution in [0.2, 0.25) is 0 Å². The number of nitro groups is 1. The van der Waals surface area contributed by atoms with Gasteiger partial charge < -0.3 is 5.11 Å². The summed E-state index contributed by atoms with van der Waals surface area (Å²) in [6.45, 7) is 1.76. The summed E-state index contributed by atoms with van der Waals surface area (Å²) in [7, 11) is 0. The van der Waals surface area contributed by atoms with Crippen LogP contribution >= 0.6 is 11.3 Å². The highest BCUT2D eigenvalue weighted by atomic mass is 32.1. The SMILES string of the molecule is Cc1csc(N(C(=O)O)c2ccc([N+](=O)[O-])cc2)n1. The van der Waals surface area contributed by atoms with Gasteiger partial charge in [0.2, 0.25) is 0 Å². The normalized spacial score (nSPS) is 10.2. The number of anilines is 2. The molecule has 0 unspecified atom stereocenters. The zero-order valence-corrected chi connectivity index (χ0v) is 10.6. The van der Waals surface area contributed by atoms with Crippen molar-refractivity contribution in [2.24, 2.45) is 0 Å². The summed E-state index contributed by atoms with van der Waals surface area (Å²) in [4.78, 5) is 26.4. The van der Waals surface area contributed by atoms with E-state index in [0.29, 0.717) is 16.5 Å². The van der Waals surface area contributed by atoms with E-state index in [2.05, 4.69) is 4.98 Å². The first-order valence-electron chi connectivity index (χ1n) is 5.18. The average Bonchev–Trinajstić information content (AvgIpc) is 2.76. The first kappa shape index (κ1) is 13.0. The highest BCUT2D eigenvalue weighted by Crippen LogP contribution is 2.29. The molecular formula is C11H9N3O4S. The van der Waals surface area contributed by atoms with E-state index in [9.17, 15) is 20.0 Å². The number of aryl methyl sites for hydroxylation is 1. The smallest absolute Gasteiger partial charge is 0.418 e. The molecule has 0 atom stereocenters. The van der Waals surface area contributed by atoms with Gasteiger partial charge in [-0.3, -0.25) is 10.1 Å². The number of rotatable bonds is 3. The molecule has 0 bridgehead atoms. The number of non-ortho nitro benzene ring substituents is 1. The number of nitro benzene ring substituents is 1. The molecule has 1 heterocycles. The zero-order valence-electron chi connectivity index (χ0n) is 9.81. The molecule has 7 nitrogen and oxygen atoms in total. The van der Waals surface area contributed by atoms with Crippen LogP contribution in [-0.2, 0) is 0 Å². The van der Waals surface area contributed by atoms with Crippen LogP contribution in [0.5, 0.6) is 0 Å². The molecule has 8 heteroatoms. The van der Waals surface area contributed by atoms with Crippen LogP contribution in [0.3, 0.4) is 0 Å². The zero-order chi connectivity index (χ0) is 14.0. The maximum Gasteiger partial charge on any atom is 0.418 e. The van der Waals surface area contributed by atoms with Crippen molar-refractivity contribution in [1.82, 2.24) is 4.98 Å². The second kappa shape index (κ2) is 5.02. The molecule has 0 aliphatic carbocycles. The third kappa shape index (κ3) is 2.68. The van der Waals surface area contributed by atoms with E-state index < -0.39 is 11.0 Å². The Hall–Kier alpha value is -2.48. The lowest BCUT2D eigenvalue weighted by Crippen LogP contribution is -2.23. The highest BCUT2D eigenvalue weighted by Gasteiger charge is 2.20. The van der Waals surface area contributed by atoms with Gasteiger partial charge in [-0.15, -0.1) is 11.3 Å². The Balaban J connectivity index is 2.40. The average molecular weight is 279 g/mol. The van der Waals surface area contributed by atoms with Gasteiger partial charge in [0.05, 0.1) is 16.3 Å². The van der Waals surface area contributed by atoms with Crippen LogP contribution in [0, 0.1) is 17.0 Å². The summed E-state index contributed by atoms with van der Waals surface area (Å²) in [6, 6.07) is 5.27. The van der Waals surface area contributed by atoms with E-state index in [1.165, 1.54) is 35.6 Å². The number of carboxylic acid groups (broad SMARTS) is 1. The summed E-state index contributed by atoms with van der Waals surface area (Å²) in [5.41, 5.74) is 0.935. The number of amides is 1. The van der Waals surface area contributed by atoms with E-state index in [0.717, 1.165) is 4.90 Å². The summed E-state index contributed by atoms with van der Waals surface area (Å²) in [5.74, 6) is 0. The van der Waals surface area contributed by atoms with Crippen LogP contribution in [0.25, 0.3) is 0 Å². The van der Waals surface area contributed by atoms with Crippen LogP contribution in [0.15, 0.2) is 29.6 Å². The fourth-order valence-corrected chi connectivity index (χ4v) is 2.28. The second-order valence-electron chi connectivity index (χ2n) is 3.66. The first-order valence-corrected chi connectivity index (χ1v) is 6.06. The van der Waals surface area contributed by atoms with Gasteiger partial charge in [-0.25, -0.2) is 14.7 Å². The van der Waals surface area contributed by atoms with Gasteiger partial charge in [-0.1, -0.05) is 0 Å². The van der Waals surface area contributed by atoms with Gasteiger partial charge >= 0.3 is 6.09 Å². The van der Waals surface area contributed by atoms with Gasteiger partial charge in [-0.05, 0) is 19.1 Å². The van der Waals surface area contributed by atoms with Gasteiger partial charge in [0.25, 0.3) is 5.69 Å². The van der Waals surface area contributed by atoms with Crippen molar-refractivity contribution in [2.75, 3.05) is 4.90 Å². The molecule has 0 fully saturated rings. The molecule has 0 spiro atoms. The fourth-order valence-electron chi connectivity index (χ4n) is 1.47. The molecular weight excluding hydrogens is 270 g/mol. The highest BCUT2D eigenvalue weighted by molar-refractivity contribution is 7.14. The molecule has 2 aromatic rings. The van der Waals surface area contributed by atoms with Crippen molar-refractivity contribution in [3.8, 4) is 0 Å². The molecule has 2 rings (SSSR count). The first-order chi connectivity index (χ1) is 8.99. The molecule has 98 valence electrons. The predicted molar refractivity (Wildman–Crippen MR) is 70.1 cm³/mol. The molecule has 0 saturated carbocycles. The number of benzene rings is 1. The molecule has 1 aromatic heterocycles. The largest absolute Gasteiger partial charge is 0.464 e. The van der Waals surface area contributed by atoms with Gasteiger partial charge in [0, 0.05) is 17.5 Å². The van der Waals surface area contributed by atoms with Crippen LogP contribution in [-0.4, -0.2) is 21.1 Å². The van der Waals surface area contributed by atoms with Crippen LogP contribution in [0.4, 0.5) is 21.3 Å². The molecule has 19 heavy (non-hydrogen) atoms. The van der Waals surface area contributed by atoms with Crippen molar-refractivity contribution in [3.63, 3.8) is 0 Å². The molecule has 1 amide bonds. The molecule has 1 N–H and O–H groups in total. The predicted octanol–water partition coefficient (Wildman–Crippen LogP) is 3.18. The van der Waals surface area contributed by atoms with Crippen LogP contribution in [0.1, 0.15) is 5.69 Å². The summed E-state index contributed by atoms with van der Waals surface area (Å²) in [6.07, 6.45) is -1.19. The van der Waals surface area contributed by atoms with E-state index in [1.807, 2.05) is 0 Å². The number of hydrogen-bond donors (Lipinski definition) is 1. The van der Waals surface area contributed by atoms with E-state index >= 15 is 0 Å². The Morgan fingerprint density at radius 3 is 2.47 bits per heavy atom. The molecule has 1 aromatic carbocycles. The lowest BCUT2D eigenvalue weighted by atomic mass is 10.2. The van der Waals surface area contributed by atoms with Crippen LogP contribution < -0.4 is 4.90 Å². The Morgan fingerprint density at radius 1 is 1.42 bits per heavy atom. The Bertz CT molecular complexity index is 623. The number of hydrogen-bond acceptors (Lipinski definition) is 5. The third-order valence-electron chi connectivity index (χ3n) is 2.31. The molecule has 0 radical (unpaired) electrons. The van der Waals surface area contributed by atoms with Gasteiger partial charge in [-0.2, -0.15) is 0 Å². The Labute approximate surface area is 111 Å². The van der Waals surface area contributed by atoms with Crippen molar-refractivity contribution < 1.29 is 14.8 Å². The van der Waals surface area contributed by atoms with Crippen molar-refractivity contribution in [1.29, 1.82) is 0 Å². The Kier molecular flexibility index (Phi) is 3.43. The quantitative estimate of drug-likeness (QED) is 0.687. The topological polar surface area (TPSA) is 96.6 Å². The number of aromatic nitrogens is 1. The standard InChI is InChI=1S/C11H9N3O4S/c1-7-6-19-10(12-7)13(11(15)16)8-2-4-9(5-3-8)14(17)18/h2-6H,1H3,(H,15,16). The maximum absolute atomic E-state index is 11.3. The number of nitrogens with zero attached hydrogens (tertiary/aromatic N) is 3. The minimum atomic E-state index is -1.19. The number of carbonyl (C=O) groups is 1. The fraction of sp³-hybridized carbons (Fsp3) is 0.0909. The van der Waals surface area contributed by atoms with Gasteiger partial charge in [0.1, 0.15) is 0 Å². The monoisotopic (exact) mass is 279 g/mol. The lowest BCUT2D eigenvalue weighted by molar-refractivity contribution is -0.384. The summed E-state index contributed by atoms with van der Waals surface area (Å²) in [5, 5.41) is 21.8. The van der Waals surface area contributed by atoms with Crippen molar-refractivity contribution in [3.05, 3.63) is 45.5 Å². The van der Waals surface area contributed by atoms with Gasteiger partial charge in [0.15, 0.2) is 5.13 Å². The molecule has 0 aliphatic rings. The summed E-state index contributed by atoms with van der Waals surface area (Å²) >= 11 is 1.19. The minimum absolute atomic E-state index is 0.0931. The Morgan fingerprint density at radius 2 is 2.05 bits per heavy atom. The molecule has 0 saturated heterocycles. The minimum Gasteiger partial charge on any atom is -0.464 e. The lowest BCUT2D eigenvalue weighted by Gasteiger charge is -2.15. The number of thiazole rings is 1. The maximum atomic E-state index is 11.3.